The number of carbonyl (C=O) groups excluding carboxylic acids is 1. The maximum absolute atomic E-state index is 12.6. The zero-order valence-electron chi connectivity index (χ0n) is 16.3. The van der Waals surface area contributed by atoms with E-state index in [-0.39, 0.29) is 5.91 Å². The van der Waals surface area contributed by atoms with Gasteiger partial charge in [-0.15, -0.1) is 0 Å². The molecule has 0 spiro atoms. The van der Waals surface area contributed by atoms with Crippen molar-refractivity contribution in [2.24, 2.45) is 0 Å². The van der Waals surface area contributed by atoms with Gasteiger partial charge >= 0.3 is 0 Å². The summed E-state index contributed by atoms with van der Waals surface area (Å²) in [6, 6.07) is 4.13. The van der Waals surface area contributed by atoms with Crippen LogP contribution in [0.5, 0.6) is 0 Å². The monoisotopic (exact) mass is 358 g/mol. The first-order chi connectivity index (χ1) is 12.3. The topological polar surface area (TPSA) is 72.5 Å². The number of aliphatic hydroxyl groups is 1. The van der Waals surface area contributed by atoms with E-state index in [1.807, 2.05) is 30.0 Å². The number of benzene rings is 1. The molecule has 1 unspecified atom stereocenters. The lowest BCUT2D eigenvalue weighted by molar-refractivity contribution is -0.139. The molecule has 6 nitrogen and oxygen atoms in total. The van der Waals surface area contributed by atoms with E-state index in [1.54, 1.807) is 0 Å². The normalized spacial score (nSPS) is 20.9. The number of nitrogens with zero attached hydrogens (tertiary/aromatic N) is 3. The Balaban J connectivity index is 1.62. The van der Waals surface area contributed by atoms with Crippen LogP contribution in [0.2, 0.25) is 0 Å². The van der Waals surface area contributed by atoms with Crippen molar-refractivity contribution in [3.63, 3.8) is 0 Å². The van der Waals surface area contributed by atoms with Gasteiger partial charge in [0.15, 0.2) is 0 Å². The standard InChI is InChI=1S/C20H30N4O2/c1-14-6-7-16-19(15(14)2)22-17(21-16)8-9-18(25)24-11-5-10-20(26,13-24)12-23(3)4/h6-7,26H,5,8-13H2,1-4H3,(H,21,22). The molecule has 1 saturated heterocycles. The van der Waals surface area contributed by atoms with Gasteiger partial charge in [0.2, 0.25) is 5.91 Å². The summed E-state index contributed by atoms with van der Waals surface area (Å²) in [6.07, 6.45) is 2.60. The van der Waals surface area contributed by atoms with E-state index >= 15 is 0 Å². The molecule has 0 radical (unpaired) electrons. The Kier molecular flexibility index (Phi) is 5.34. The SMILES string of the molecule is Cc1ccc2[nH]c(CCC(=O)N3CCCC(O)(CN(C)C)C3)nc2c1C. The minimum atomic E-state index is -0.800. The number of likely N-dealkylation sites (N-methyl/N-ethyl adjacent to an activating group) is 1. The van der Waals surface area contributed by atoms with Gasteiger partial charge in [-0.25, -0.2) is 4.98 Å². The molecule has 1 aromatic carbocycles. The summed E-state index contributed by atoms with van der Waals surface area (Å²) < 4.78 is 0. The molecule has 2 aromatic rings. The number of fused-ring (bicyclic) bond motifs is 1. The molecule has 3 rings (SSSR count). The average Bonchev–Trinajstić information content (AvgIpc) is 2.99. The molecule has 0 saturated carbocycles. The van der Waals surface area contributed by atoms with Crippen molar-refractivity contribution in [1.82, 2.24) is 19.8 Å². The molecular weight excluding hydrogens is 328 g/mol. The van der Waals surface area contributed by atoms with Crippen LogP contribution in [0.4, 0.5) is 0 Å². The van der Waals surface area contributed by atoms with Crippen molar-refractivity contribution in [3.05, 3.63) is 29.1 Å². The molecule has 0 bridgehead atoms. The molecule has 142 valence electrons. The van der Waals surface area contributed by atoms with Gasteiger partial charge in [0.1, 0.15) is 5.82 Å². The van der Waals surface area contributed by atoms with Gasteiger partial charge in [-0.3, -0.25) is 4.79 Å². The van der Waals surface area contributed by atoms with Crippen molar-refractivity contribution < 1.29 is 9.90 Å². The van der Waals surface area contributed by atoms with E-state index in [2.05, 4.69) is 29.9 Å². The average molecular weight is 358 g/mol. The molecule has 1 atom stereocenters. The Labute approximate surface area is 155 Å². The highest BCUT2D eigenvalue weighted by Gasteiger charge is 2.35. The first-order valence-corrected chi connectivity index (χ1v) is 9.37. The van der Waals surface area contributed by atoms with Gasteiger partial charge in [-0.2, -0.15) is 0 Å². The summed E-state index contributed by atoms with van der Waals surface area (Å²) >= 11 is 0. The van der Waals surface area contributed by atoms with Crippen molar-refractivity contribution >= 4 is 16.9 Å². The fraction of sp³-hybridized carbons (Fsp3) is 0.600. The van der Waals surface area contributed by atoms with Gasteiger partial charge in [0.05, 0.1) is 23.2 Å². The van der Waals surface area contributed by atoms with E-state index in [9.17, 15) is 9.90 Å². The van der Waals surface area contributed by atoms with Gasteiger partial charge in [0, 0.05) is 25.9 Å². The van der Waals surface area contributed by atoms with E-state index in [0.717, 1.165) is 36.2 Å². The Bertz CT molecular complexity index is 798. The van der Waals surface area contributed by atoms with E-state index in [1.165, 1.54) is 11.1 Å². The van der Waals surface area contributed by atoms with Crippen molar-refractivity contribution in [3.8, 4) is 0 Å². The van der Waals surface area contributed by atoms with Crippen LogP contribution in [0.3, 0.4) is 0 Å². The lowest BCUT2D eigenvalue weighted by atomic mass is 9.92. The zero-order chi connectivity index (χ0) is 18.9. The third-order valence-corrected chi connectivity index (χ3v) is 5.32. The molecule has 1 fully saturated rings. The largest absolute Gasteiger partial charge is 0.387 e. The minimum Gasteiger partial charge on any atom is -0.387 e. The smallest absolute Gasteiger partial charge is 0.223 e. The molecule has 1 aromatic heterocycles. The lowest BCUT2D eigenvalue weighted by Crippen LogP contribution is -2.54. The summed E-state index contributed by atoms with van der Waals surface area (Å²) in [5.41, 5.74) is 3.62. The van der Waals surface area contributed by atoms with Crippen molar-refractivity contribution in [1.29, 1.82) is 0 Å². The Morgan fingerprint density at radius 2 is 2.15 bits per heavy atom. The van der Waals surface area contributed by atoms with Gasteiger partial charge < -0.3 is 19.9 Å². The number of imidazole rings is 1. The highest BCUT2D eigenvalue weighted by atomic mass is 16.3. The van der Waals surface area contributed by atoms with Crippen LogP contribution in [0.15, 0.2) is 12.1 Å². The van der Waals surface area contributed by atoms with E-state index in [4.69, 9.17) is 0 Å². The molecule has 1 aliphatic rings. The predicted molar refractivity (Wildman–Crippen MR) is 103 cm³/mol. The van der Waals surface area contributed by atoms with Gasteiger partial charge in [0.25, 0.3) is 0 Å². The van der Waals surface area contributed by atoms with Crippen LogP contribution in [0.25, 0.3) is 11.0 Å². The van der Waals surface area contributed by atoms with Crippen molar-refractivity contribution in [2.45, 2.75) is 45.1 Å². The number of piperidine rings is 1. The molecule has 2 N–H and O–H groups in total. The third-order valence-electron chi connectivity index (χ3n) is 5.32. The number of amides is 1. The van der Waals surface area contributed by atoms with Crippen LogP contribution < -0.4 is 0 Å². The maximum Gasteiger partial charge on any atom is 0.223 e. The zero-order valence-corrected chi connectivity index (χ0v) is 16.3. The number of aryl methyl sites for hydroxylation is 3. The van der Waals surface area contributed by atoms with E-state index in [0.29, 0.717) is 25.9 Å². The number of nitrogens with one attached hydrogen (secondary N) is 1. The molecule has 2 heterocycles. The second kappa shape index (κ2) is 7.37. The number of aromatic nitrogens is 2. The van der Waals surface area contributed by atoms with Gasteiger partial charge in [-0.05, 0) is 58.0 Å². The summed E-state index contributed by atoms with van der Waals surface area (Å²) in [6.45, 7) is 5.89. The summed E-state index contributed by atoms with van der Waals surface area (Å²) in [5.74, 6) is 0.942. The first kappa shape index (κ1) is 18.9. The van der Waals surface area contributed by atoms with Crippen LogP contribution in [-0.2, 0) is 11.2 Å². The van der Waals surface area contributed by atoms with Crippen molar-refractivity contribution in [2.75, 3.05) is 33.7 Å². The molecule has 6 heteroatoms. The van der Waals surface area contributed by atoms with E-state index < -0.39 is 5.60 Å². The third kappa shape index (κ3) is 4.07. The molecule has 26 heavy (non-hydrogen) atoms. The Hall–Kier alpha value is -1.92. The maximum atomic E-state index is 12.6. The number of aromatic amines is 1. The predicted octanol–water partition coefficient (Wildman–Crippen LogP) is 2.03. The fourth-order valence-corrected chi connectivity index (χ4v) is 3.91. The molecular formula is C20H30N4O2. The van der Waals surface area contributed by atoms with Crippen LogP contribution in [0.1, 0.15) is 36.2 Å². The van der Waals surface area contributed by atoms with Gasteiger partial charge in [-0.1, -0.05) is 6.07 Å². The summed E-state index contributed by atoms with van der Waals surface area (Å²) in [7, 11) is 3.90. The number of H-pyrrole nitrogens is 1. The number of carbonyl (C=O) groups is 1. The van der Waals surface area contributed by atoms with Crippen LogP contribution in [0, 0.1) is 13.8 Å². The first-order valence-electron chi connectivity index (χ1n) is 9.37. The summed E-state index contributed by atoms with van der Waals surface area (Å²) in [5, 5.41) is 10.7. The Morgan fingerprint density at radius 1 is 1.38 bits per heavy atom. The number of rotatable bonds is 5. The summed E-state index contributed by atoms with van der Waals surface area (Å²) in [4.78, 5) is 24.4. The highest BCUT2D eigenvalue weighted by molar-refractivity contribution is 5.80. The number of likely N-dealkylation sites (tertiary alicyclic amines) is 1. The number of hydrogen-bond acceptors (Lipinski definition) is 4. The molecule has 0 aliphatic carbocycles. The molecule has 1 amide bonds. The Morgan fingerprint density at radius 3 is 2.88 bits per heavy atom. The second-order valence-corrected chi connectivity index (χ2v) is 7.97. The number of hydrogen-bond donors (Lipinski definition) is 2. The van der Waals surface area contributed by atoms with Crippen LogP contribution >= 0.6 is 0 Å². The minimum absolute atomic E-state index is 0.0928. The second-order valence-electron chi connectivity index (χ2n) is 7.97. The van der Waals surface area contributed by atoms with Crippen LogP contribution in [-0.4, -0.2) is 70.1 Å². The lowest BCUT2D eigenvalue weighted by Gasteiger charge is -2.40. The quantitative estimate of drug-likeness (QED) is 0.858. The highest BCUT2D eigenvalue weighted by Crippen LogP contribution is 2.23. The molecule has 1 aliphatic heterocycles. The number of β-amino-alcohol motifs (C(OH)–C–C–N with tert-alkyl or cyclic N) is 1. The fourth-order valence-electron chi connectivity index (χ4n) is 3.91.